The van der Waals surface area contributed by atoms with Gasteiger partial charge >= 0.3 is 11.9 Å². The lowest BCUT2D eigenvalue weighted by atomic mass is 10.0. The minimum absolute atomic E-state index is 0.508. The molecule has 1 aromatic carbocycles. The summed E-state index contributed by atoms with van der Waals surface area (Å²) >= 11 is 0. The van der Waals surface area contributed by atoms with Crippen molar-refractivity contribution in [2.45, 2.75) is 58.0 Å². The van der Waals surface area contributed by atoms with E-state index in [1.165, 1.54) is 49.8 Å². The number of rotatable bonds is 4. The van der Waals surface area contributed by atoms with E-state index in [0.717, 1.165) is 18.5 Å². The van der Waals surface area contributed by atoms with Crippen LogP contribution in [0.15, 0.2) is 24.3 Å². The Labute approximate surface area is 153 Å². The number of hydrogen-bond donors (Lipinski definition) is 3. The second-order valence-electron chi connectivity index (χ2n) is 6.93. The van der Waals surface area contributed by atoms with E-state index in [1.54, 1.807) is 0 Å². The zero-order valence-electron chi connectivity index (χ0n) is 15.1. The maximum atomic E-state index is 10.2. The smallest absolute Gasteiger partial charge is 0.328 e. The van der Waals surface area contributed by atoms with E-state index in [2.05, 4.69) is 17.9 Å². The number of carboxylic acids is 2. The van der Waals surface area contributed by atoms with Gasteiger partial charge in [0.1, 0.15) is 5.75 Å². The Morgan fingerprint density at radius 2 is 1.69 bits per heavy atom. The fourth-order valence-electron chi connectivity index (χ4n) is 3.54. The summed E-state index contributed by atoms with van der Waals surface area (Å²) in [6.07, 6.45) is 8.65. The molecule has 6 nitrogen and oxygen atoms in total. The number of hydrogen-bond acceptors (Lipinski definition) is 4. The lowest BCUT2D eigenvalue weighted by Crippen LogP contribution is -2.36. The van der Waals surface area contributed by atoms with Gasteiger partial charge in [0.25, 0.3) is 0 Å². The molecule has 1 aliphatic heterocycles. The summed E-state index contributed by atoms with van der Waals surface area (Å²) < 4.78 is 0. The average molecular weight is 361 g/mol. The molecule has 3 N–H and O–H groups in total. The van der Waals surface area contributed by atoms with E-state index in [4.69, 9.17) is 10.2 Å². The number of carboxylic acid groups (broad SMARTS) is 2. The molecule has 142 valence electrons. The van der Waals surface area contributed by atoms with Crippen molar-refractivity contribution in [3.05, 3.63) is 41.0 Å². The predicted molar refractivity (Wildman–Crippen MR) is 98.3 cm³/mol. The topological polar surface area (TPSA) is 98.1 Å². The summed E-state index contributed by atoms with van der Waals surface area (Å²) in [6, 6.07) is 4.91. The molecule has 2 aliphatic rings. The van der Waals surface area contributed by atoms with Gasteiger partial charge in [0.15, 0.2) is 0 Å². The molecular formula is C20H27NO5. The number of aliphatic carboxylic acids is 2. The molecule has 1 atom stereocenters. The second kappa shape index (κ2) is 9.38. The number of likely N-dealkylation sites (tertiary alicyclic amines) is 1. The van der Waals surface area contributed by atoms with Crippen molar-refractivity contribution < 1.29 is 24.9 Å². The van der Waals surface area contributed by atoms with Gasteiger partial charge in [-0.3, -0.25) is 4.90 Å². The third-order valence-electron chi connectivity index (χ3n) is 4.98. The summed E-state index contributed by atoms with van der Waals surface area (Å²) in [4.78, 5) is 21.6. The van der Waals surface area contributed by atoms with Crippen molar-refractivity contribution in [3.63, 3.8) is 0 Å². The zero-order valence-corrected chi connectivity index (χ0v) is 15.1. The lowest BCUT2D eigenvalue weighted by Gasteiger charge is -2.33. The van der Waals surface area contributed by atoms with Crippen LogP contribution in [0.25, 0.3) is 0 Å². The highest BCUT2D eigenvalue weighted by atomic mass is 16.4. The summed E-state index contributed by atoms with van der Waals surface area (Å²) in [5.41, 5.74) is 3.96. The molecule has 6 heteroatoms. The van der Waals surface area contributed by atoms with Gasteiger partial charge in [-0.05, 0) is 62.8 Å². The normalized spacial score (nSPS) is 19.7. The number of piperidine rings is 1. The van der Waals surface area contributed by atoms with Crippen LogP contribution >= 0.6 is 0 Å². The van der Waals surface area contributed by atoms with Gasteiger partial charge in [0.2, 0.25) is 0 Å². The highest BCUT2D eigenvalue weighted by molar-refractivity contribution is 5.89. The first-order valence-electron chi connectivity index (χ1n) is 9.08. The fourth-order valence-corrected chi connectivity index (χ4v) is 3.54. The van der Waals surface area contributed by atoms with Gasteiger partial charge in [0.05, 0.1) is 0 Å². The Bertz CT molecular complexity index is 667. The number of aromatic hydroxyl groups is 1. The maximum absolute atomic E-state index is 10.2. The van der Waals surface area contributed by atoms with Crippen molar-refractivity contribution in [1.29, 1.82) is 0 Å². The summed E-state index contributed by atoms with van der Waals surface area (Å²) in [7, 11) is 0. The van der Waals surface area contributed by atoms with E-state index in [1.807, 2.05) is 6.07 Å². The molecule has 1 aromatic rings. The maximum Gasteiger partial charge on any atom is 0.328 e. The van der Waals surface area contributed by atoms with E-state index in [9.17, 15) is 14.7 Å². The molecule has 0 bridgehead atoms. The molecule has 0 spiro atoms. The van der Waals surface area contributed by atoms with Crippen molar-refractivity contribution in [1.82, 2.24) is 4.90 Å². The highest BCUT2D eigenvalue weighted by Gasteiger charge is 2.21. The summed E-state index contributed by atoms with van der Waals surface area (Å²) in [6.45, 7) is 4.40. The van der Waals surface area contributed by atoms with Gasteiger partial charge in [0, 0.05) is 30.3 Å². The largest absolute Gasteiger partial charge is 0.508 e. The van der Waals surface area contributed by atoms with Crippen molar-refractivity contribution in [3.8, 4) is 5.75 Å². The molecule has 1 fully saturated rings. The van der Waals surface area contributed by atoms with Crippen LogP contribution in [0, 0.1) is 0 Å². The van der Waals surface area contributed by atoms with E-state index < -0.39 is 11.9 Å². The Hall–Kier alpha value is -2.34. The zero-order chi connectivity index (χ0) is 19.1. The summed E-state index contributed by atoms with van der Waals surface area (Å²) in [5, 5.41) is 25.8. The van der Waals surface area contributed by atoms with Crippen molar-refractivity contribution in [2.24, 2.45) is 0 Å². The summed E-state index contributed by atoms with van der Waals surface area (Å²) in [5.74, 6) is -2.01. The first-order chi connectivity index (χ1) is 12.4. The molecular weight excluding hydrogens is 334 g/mol. The standard InChI is InChI=1S/C16H23NO.C4H4O4/c1-12-5-2-3-8-17(12)11-15-9-13-6-4-7-14(13)10-16(15)18;5-3(6)1-2-4(7)8/h9-10,12,18H,2-8,11H2,1H3;1-2H,(H,5,6)(H,7,8)/b;2-1-. The second-order valence-corrected chi connectivity index (χ2v) is 6.93. The van der Waals surface area contributed by atoms with E-state index in [0.29, 0.717) is 23.9 Å². The number of phenols is 1. The number of phenolic OH excluding ortho intramolecular Hbond substituents is 1. The minimum atomic E-state index is -1.26. The monoisotopic (exact) mass is 361 g/mol. The molecule has 1 unspecified atom stereocenters. The number of aryl methyl sites for hydroxylation is 2. The quantitative estimate of drug-likeness (QED) is 0.713. The Morgan fingerprint density at radius 1 is 1.08 bits per heavy atom. The molecule has 1 heterocycles. The van der Waals surface area contributed by atoms with Gasteiger partial charge in [-0.2, -0.15) is 0 Å². The number of carbonyl (C=O) groups is 2. The molecule has 3 rings (SSSR count). The van der Waals surface area contributed by atoms with E-state index in [-0.39, 0.29) is 0 Å². The number of nitrogens with zero attached hydrogens (tertiary/aromatic N) is 1. The minimum Gasteiger partial charge on any atom is -0.508 e. The van der Waals surface area contributed by atoms with Crippen LogP contribution in [0.2, 0.25) is 0 Å². The van der Waals surface area contributed by atoms with Gasteiger partial charge in [-0.25, -0.2) is 9.59 Å². The molecule has 1 saturated heterocycles. The van der Waals surface area contributed by atoms with Gasteiger partial charge in [-0.15, -0.1) is 0 Å². The van der Waals surface area contributed by atoms with Crippen molar-refractivity contribution in [2.75, 3.05) is 6.54 Å². The van der Waals surface area contributed by atoms with Crippen LogP contribution in [0.3, 0.4) is 0 Å². The third kappa shape index (κ3) is 5.88. The van der Waals surface area contributed by atoms with E-state index >= 15 is 0 Å². The third-order valence-corrected chi connectivity index (χ3v) is 4.98. The molecule has 0 saturated carbocycles. The average Bonchev–Trinajstić information content (AvgIpc) is 3.03. The Morgan fingerprint density at radius 3 is 2.27 bits per heavy atom. The molecule has 0 amide bonds. The van der Waals surface area contributed by atoms with Gasteiger partial charge < -0.3 is 15.3 Å². The van der Waals surface area contributed by atoms with Crippen LogP contribution in [0.1, 0.15) is 49.3 Å². The lowest BCUT2D eigenvalue weighted by molar-refractivity contribution is -0.134. The first-order valence-corrected chi connectivity index (χ1v) is 9.08. The van der Waals surface area contributed by atoms with Crippen LogP contribution in [0.4, 0.5) is 0 Å². The van der Waals surface area contributed by atoms with Crippen LogP contribution in [0.5, 0.6) is 5.75 Å². The van der Waals surface area contributed by atoms with Crippen LogP contribution in [-0.4, -0.2) is 44.7 Å². The van der Waals surface area contributed by atoms with Crippen molar-refractivity contribution >= 4 is 11.9 Å². The SMILES string of the molecule is CC1CCCCN1Cc1cc2c(cc1O)CCC2.O=C(O)/C=C\C(=O)O. The number of fused-ring (bicyclic) bond motifs is 1. The van der Waals surface area contributed by atoms with Crippen LogP contribution < -0.4 is 0 Å². The Kier molecular flexibility index (Phi) is 7.21. The molecule has 1 aliphatic carbocycles. The predicted octanol–water partition coefficient (Wildman–Crippen LogP) is 2.97. The first kappa shape index (κ1) is 20.0. The molecule has 0 aromatic heterocycles. The molecule has 0 radical (unpaired) electrons. The number of benzene rings is 1. The highest BCUT2D eigenvalue weighted by Crippen LogP contribution is 2.31. The fraction of sp³-hybridized carbons (Fsp3) is 0.500. The molecule has 26 heavy (non-hydrogen) atoms. The Balaban J connectivity index is 0.000000260. The van der Waals surface area contributed by atoms with Gasteiger partial charge in [-0.1, -0.05) is 12.5 Å². The van der Waals surface area contributed by atoms with Crippen LogP contribution in [-0.2, 0) is 29.0 Å².